The predicted octanol–water partition coefficient (Wildman–Crippen LogP) is 4.23. The number of benzene rings is 1. The quantitative estimate of drug-likeness (QED) is 0.683. The van der Waals surface area contributed by atoms with E-state index >= 15 is 0 Å². The first-order valence-electron chi connectivity index (χ1n) is 8.40. The summed E-state index contributed by atoms with van der Waals surface area (Å²) in [7, 11) is -4.91. The van der Waals surface area contributed by atoms with Crippen molar-refractivity contribution in [2.24, 2.45) is 0 Å². The fraction of sp³-hybridized carbons (Fsp3) is 0.600. The van der Waals surface area contributed by atoms with Gasteiger partial charge in [0.25, 0.3) is 0 Å². The van der Waals surface area contributed by atoms with Gasteiger partial charge in [0, 0.05) is 0 Å². The van der Waals surface area contributed by atoms with Gasteiger partial charge in [-0.15, -0.1) is 0 Å². The van der Waals surface area contributed by atoms with E-state index in [0.717, 1.165) is 0 Å². The van der Waals surface area contributed by atoms with Crippen LogP contribution >= 0.6 is 0 Å². The molecule has 6 heteroatoms. The van der Waals surface area contributed by atoms with E-state index in [1.165, 1.54) is 0 Å². The maximum absolute atomic E-state index is 12.3. The summed E-state index contributed by atoms with van der Waals surface area (Å²) in [4.78, 5) is -0.418. The van der Waals surface area contributed by atoms with Crippen LogP contribution in [0.25, 0.3) is 0 Å². The van der Waals surface area contributed by atoms with Crippen LogP contribution < -0.4 is 0 Å². The lowest BCUT2D eigenvalue weighted by atomic mass is 9.69. The van der Waals surface area contributed by atoms with Gasteiger partial charge in [0.1, 0.15) is 10.1 Å². The molecule has 0 bridgehead atoms. The Morgan fingerprint density at radius 3 is 1.12 bits per heavy atom. The van der Waals surface area contributed by atoms with Crippen molar-refractivity contribution < 1.29 is 13.0 Å². The van der Waals surface area contributed by atoms with Crippen LogP contribution in [0.4, 0.5) is 0 Å². The molecule has 0 fully saturated rings. The number of nitriles is 2. The molecule has 1 rings (SSSR count). The summed E-state index contributed by atoms with van der Waals surface area (Å²) in [6.45, 7) is 16.2. The van der Waals surface area contributed by atoms with Crippen LogP contribution in [-0.4, -0.2) is 13.0 Å². The average Bonchev–Trinajstić information content (AvgIpc) is 2.39. The molecule has 0 N–H and O–H groups in total. The van der Waals surface area contributed by atoms with Gasteiger partial charge in [0.15, 0.2) is 0 Å². The van der Waals surface area contributed by atoms with Crippen molar-refractivity contribution in [3.05, 3.63) is 27.8 Å². The van der Waals surface area contributed by atoms with E-state index in [9.17, 15) is 23.5 Å². The van der Waals surface area contributed by atoms with Crippen molar-refractivity contribution in [3.63, 3.8) is 0 Å². The maximum atomic E-state index is 12.3. The lowest BCUT2D eigenvalue weighted by Gasteiger charge is -2.36. The second-order valence-corrected chi connectivity index (χ2v) is 10.9. The van der Waals surface area contributed by atoms with Gasteiger partial charge in [-0.3, -0.25) is 0 Å². The summed E-state index contributed by atoms with van der Waals surface area (Å²) in [6.07, 6.45) is 0. The van der Waals surface area contributed by atoms with Crippen LogP contribution in [0.3, 0.4) is 0 Å². The van der Waals surface area contributed by atoms with Gasteiger partial charge in [0.2, 0.25) is 0 Å². The van der Waals surface area contributed by atoms with Crippen LogP contribution in [0.5, 0.6) is 0 Å². The van der Waals surface area contributed by atoms with Crippen molar-refractivity contribution in [2.45, 2.75) is 83.5 Å². The second-order valence-electron chi connectivity index (χ2n) is 9.63. The van der Waals surface area contributed by atoms with Crippen molar-refractivity contribution in [2.75, 3.05) is 0 Å². The van der Waals surface area contributed by atoms with Gasteiger partial charge in [-0.2, -0.15) is 10.5 Å². The molecule has 0 amide bonds. The largest absolute Gasteiger partial charge is 0.744 e. The Balaban J connectivity index is 4.66. The molecule has 0 aliphatic rings. The SMILES string of the molecule is CC(C)(C)c1c(C#N)c(C(C)(C)C)c(S(=O)(=O)[O-])c(C(C)(C)C)c1C#N. The third-order valence-electron chi connectivity index (χ3n) is 4.18. The van der Waals surface area contributed by atoms with Crippen LogP contribution in [0, 0.1) is 22.7 Å². The molecule has 0 heterocycles. The first-order valence-corrected chi connectivity index (χ1v) is 9.81. The molecule has 0 atom stereocenters. The summed E-state index contributed by atoms with van der Waals surface area (Å²) in [5.41, 5.74) is -1.01. The first kappa shape index (κ1) is 22.2. The number of hydrogen-bond acceptors (Lipinski definition) is 5. The third-order valence-corrected chi connectivity index (χ3v) is 5.09. The summed E-state index contributed by atoms with van der Waals surface area (Å²) in [5.74, 6) is 0. The van der Waals surface area contributed by atoms with E-state index in [0.29, 0.717) is 5.56 Å². The highest BCUT2D eigenvalue weighted by molar-refractivity contribution is 7.85. The molecule has 0 saturated heterocycles. The third kappa shape index (κ3) is 3.92. The van der Waals surface area contributed by atoms with Gasteiger partial charge < -0.3 is 4.55 Å². The fourth-order valence-electron chi connectivity index (χ4n) is 3.38. The smallest absolute Gasteiger partial charge is 0.125 e. The maximum Gasteiger partial charge on any atom is 0.125 e. The van der Waals surface area contributed by atoms with E-state index in [-0.39, 0.29) is 22.3 Å². The molecule has 0 aliphatic carbocycles. The number of hydrogen-bond donors (Lipinski definition) is 0. The lowest BCUT2D eigenvalue weighted by Crippen LogP contribution is -2.30. The molecular weight excluding hydrogens is 348 g/mol. The summed E-state index contributed by atoms with van der Waals surface area (Å²) in [6, 6.07) is 4.18. The Kier molecular flexibility index (Phi) is 5.43. The molecule has 0 aromatic heterocycles. The van der Waals surface area contributed by atoms with E-state index in [1.54, 1.807) is 41.5 Å². The van der Waals surface area contributed by atoms with E-state index in [1.807, 2.05) is 20.8 Å². The highest BCUT2D eigenvalue weighted by Crippen LogP contribution is 2.45. The zero-order valence-corrected chi connectivity index (χ0v) is 17.8. The zero-order valence-electron chi connectivity index (χ0n) is 17.0. The first-order chi connectivity index (χ1) is 11.4. The Morgan fingerprint density at radius 2 is 0.962 bits per heavy atom. The van der Waals surface area contributed by atoms with Gasteiger partial charge in [-0.05, 0) is 32.9 Å². The zero-order chi connectivity index (χ0) is 20.9. The molecule has 5 nitrogen and oxygen atoms in total. The molecule has 26 heavy (non-hydrogen) atoms. The van der Waals surface area contributed by atoms with Crippen LogP contribution in [-0.2, 0) is 26.4 Å². The lowest BCUT2D eigenvalue weighted by molar-refractivity contribution is 0.447. The van der Waals surface area contributed by atoms with E-state index in [4.69, 9.17) is 0 Å². The Hall–Kier alpha value is -1.89. The van der Waals surface area contributed by atoms with Crippen molar-refractivity contribution in [3.8, 4) is 12.1 Å². The molecular formula is C20H27N2O3S-. The summed E-state index contributed by atoms with van der Waals surface area (Å²) in [5, 5.41) is 19.7. The second kappa shape index (κ2) is 6.37. The van der Waals surface area contributed by atoms with Crippen molar-refractivity contribution in [1.29, 1.82) is 10.5 Å². The van der Waals surface area contributed by atoms with Crippen LogP contribution in [0.15, 0.2) is 4.90 Å². The summed E-state index contributed by atoms with van der Waals surface area (Å²) >= 11 is 0. The minimum atomic E-state index is -4.91. The average molecular weight is 376 g/mol. The van der Waals surface area contributed by atoms with Crippen LogP contribution in [0.1, 0.15) is 90.1 Å². The standard InChI is InChI=1S/C20H28N2O3S/c1-18(2,3)14-12(10-21)15(19(4,5)6)17(26(23,24)25)16(13(14)11-22)20(7,8)9/h1-9H3,(H,23,24,25)/p-1. The van der Waals surface area contributed by atoms with E-state index < -0.39 is 31.3 Å². The summed E-state index contributed by atoms with van der Waals surface area (Å²) < 4.78 is 36.9. The highest BCUT2D eigenvalue weighted by Gasteiger charge is 2.39. The van der Waals surface area contributed by atoms with E-state index in [2.05, 4.69) is 12.1 Å². The topological polar surface area (TPSA) is 105 Å². The molecule has 1 aromatic rings. The Bertz CT molecular complexity index is 871. The molecule has 1 aromatic carbocycles. The molecule has 0 aliphatic heterocycles. The Morgan fingerprint density at radius 1 is 0.692 bits per heavy atom. The highest BCUT2D eigenvalue weighted by atomic mass is 32.2. The molecule has 142 valence electrons. The minimum absolute atomic E-state index is 0.115. The Labute approximate surface area is 157 Å². The van der Waals surface area contributed by atoms with Gasteiger partial charge in [0.05, 0.1) is 28.2 Å². The molecule has 0 radical (unpaired) electrons. The van der Waals surface area contributed by atoms with Gasteiger partial charge >= 0.3 is 0 Å². The van der Waals surface area contributed by atoms with Crippen molar-refractivity contribution >= 4 is 10.1 Å². The molecule has 0 unspecified atom stereocenters. The van der Waals surface area contributed by atoms with Gasteiger partial charge in [-0.25, -0.2) is 8.42 Å². The fourth-order valence-corrected chi connectivity index (χ4v) is 4.70. The predicted molar refractivity (Wildman–Crippen MR) is 99.9 cm³/mol. The number of rotatable bonds is 1. The molecule has 0 spiro atoms. The molecule has 0 saturated carbocycles. The van der Waals surface area contributed by atoms with Gasteiger partial charge in [-0.1, -0.05) is 62.3 Å². The normalized spacial score (nSPS) is 13.2. The van der Waals surface area contributed by atoms with Crippen LogP contribution in [0.2, 0.25) is 0 Å². The van der Waals surface area contributed by atoms with Crippen molar-refractivity contribution in [1.82, 2.24) is 0 Å². The minimum Gasteiger partial charge on any atom is -0.744 e. The number of nitrogens with zero attached hydrogens (tertiary/aromatic N) is 2. The monoisotopic (exact) mass is 375 g/mol.